The normalized spacial score (nSPS) is 29.3. The quantitative estimate of drug-likeness (QED) is 0.732. The van der Waals surface area contributed by atoms with Gasteiger partial charge >= 0.3 is 0 Å². The molecular weight excluding hydrogens is 190 g/mol. The number of hydrogen-bond acceptors (Lipinski definition) is 3. The van der Waals surface area contributed by atoms with Gasteiger partial charge in [-0.1, -0.05) is 6.92 Å². The van der Waals surface area contributed by atoms with Crippen LogP contribution in [0.5, 0.6) is 0 Å². The molecule has 0 radical (unpaired) electrons. The van der Waals surface area contributed by atoms with Crippen molar-refractivity contribution in [3.63, 3.8) is 0 Å². The van der Waals surface area contributed by atoms with Gasteiger partial charge in [0.25, 0.3) is 0 Å². The molecule has 0 aromatic carbocycles. The van der Waals surface area contributed by atoms with Gasteiger partial charge in [0.2, 0.25) is 5.91 Å². The molecule has 1 amide bonds. The van der Waals surface area contributed by atoms with Crippen LogP contribution in [-0.2, 0) is 4.79 Å². The molecule has 1 heterocycles. The summed E-state index contributed by atoms with van der Waals surface area (Å²) in [4.78, 5) is 16.1. The van der Waals surface area contributed by atoms with Crippen LogP contribution in [0, 0.1) is 0 Å². The molecular formula is C11H23N3O. The lowest BCUT2D eigenvalue weighted by Crippen LogP contribution is -2.51. The smallest absolute Gasteiger partial charge is 0.240 e. The molecule has 1 rings (SSSR count). The zero-order valence-electron chi connectivity index (χ0n) is 10.1. The lowest BCUT2D eigenvalue weighted by atomic mass is 10.1. The van der Waals surface area contributed by atoms with Gasteiger partial charge in [-0.05, 0) is 26.3 Å². The fraction of sp³-hybridized carbons (Fsp3) is 0.909. The minimum atomic E-state index is -0.118. The van der Waals surface area contributed by atoms with Crippen LogP contribution in [0.1, 0.15) is 26.7 Å². The van der Waals surface area contributed by atoms with Gasteiger partial charge in [-0.3, -0.25) is 9.69 Å². The SMILES string of the molecule is CCCN1C(C)CCN(C)C(=O)C1CN. The molecule has 0 aromatic rings. The van der Waals surface area contributed by atoms with Crippen molar-refractivity contribution in [3.8, 4) is 0 Å². The molecule has 1 aliphatic heterocycles. The van der Waals surface area contributed by atoms with Gasteiger partial charge in [-0.15, -0.1) is 0 Å². The summed E-state index contributed by atoms with van der Waals surface area (Å²) in [5.74, 6) is 0.176. The molecule has 0 aliphatic carbocycles. The molecule has 0 spiro atoms. The van der Waals surface area contributed by atoms with E-state index >= 15 is 0 Å². The van der Waals surface area contributed by atoms with E-state index < -0.39 is 0 Å². The second kappa shape index (κ2) is 5.47. The minimum absolute atomic E-state index is 0.118. The largest absolute Gasteiger partial charge is 0.344 e. The summed E-state index contributed by atoms with van der Waals surface area (Å²) in [5, 5.41) is 0. The first-order chi connectivity index (χ1) is 7.11. The van der Waals surface area contributed by atoms with E-state index in [9.17, 15) is 4.79 Å². The summed E-state index contributed by atoms with van der Waals surface area (Å²) in [6.07, 6.45) is 2.11. The molecule has 88 valence electrons. The molecule has 0 saturated carbocycles. The minimum Gasteiger partial charge on any atom is -0.344 e. The third-order valence-corrected chi connectivity index (χ3v) is 3.22. The Bertz CT molecular complexity index is 220. The fourth-order valence-corrected chi connectivity index (χ4v) is 2.23. The maximum Gasteiger partial charge on any atom is 0.240 e. The zero-order chi connectivity index (χ0) is 11.4. The molecule has 1 saturated heterocycles. The van der Waals surface area contributed by atoms with Gasteiger partial charge in [0.15, 0.2) is 0 Å². The Hall–Kier alpha value is -0.610. The van der Waals surface area contributed by atoms with E-state index in [1.807, 2.05) is 11.9 Å². The molecule has 2 unspecified atom stereocenters. The first-order valence-corrected chi connectivity index (χ1v) is 5.82. The number of hydrogen-bond donors (Lipinski definition) is 1. The predicted molar refractivity (Wildman–Crippen MR) is 61.6 cm³/mol. The van der Waals surface area contributed by atoms with E-state index in [-0.39, 0.29) is 11.9 Å². The van der Waals surface area contributed by atoms with Gasteiger partial charge in [0.05, 0.1) is 0 Å². The van der Waals surface area contributed by atoms with Gasteiger partial charge in [-0.25, -0.2) is 0 Å². The molecule has 4 heteroatoms. The van der Waals surface area contributed by atoms with Crippen LogP contribution in [0.2, 0.25) is 0 Å². The van der Waals surface area contributed by atoms with E-state index in [0.29, 0.717) is 12.6 Å². The van der Waals surface area contributed by atoms with Crippen molar-refractivity contribution < 1.29 is 4.79 Å². The van der Waals surface area contributed by atoms with Gasteiger partial charge in [0.1, 0.15) is 6.04 Å². The Morgan fingerprint density at radius 1 is 1.53 bits per heavy atom. The molecule has 2 N–H and O–H groups in total. The van der Waals surface area contributed by atoms with Crippen LogP contribution in [0.25, 0.3) is 0 Å². The van der Waals surface area contributed by atoms with E-state index in [2.05, 4.69) is 18.7 Å². The molecule has 2 atom stereocenters. The van der Waals surface area contributed by atoms with Crippen molar-refractivity contribution in [3.05, 3.63) is 0 Å². The second-order valence-electron chi connectivity index (χ2n) is 4.39. The highest BCUT2D eigenvalue weighted by Gasteiger charge is 2.32. The molecule has 0 aromatic heterocycles. The van der Waals surface area contributed by atoms with E-state index in [1.54, 1.807) is 0 Å². The highest BCUT2D eigenvalue weighted by molar-refractivity contribution is 5.82. The third kappa shape index (κ3) is 2.69. The average molecular weight is 213 g/mol. The summed E-state index contributed by atoms with van der Waals surface area (Å²) in [6.45, 7) is 6.55. The zero-order valence-corrected chi connectivity index (χ0v) is 10.1. The Morgan fingerprint density at radius 3 is 2.73 bits per heavy atom. The van der Waals surface area contributed by atoms with Crippen LogP contribution in [0.4, 0.5) is 0 Å². The number of likely N-dealkylation sites (N-methyl/N-ethyl adjacent to an activating group) is 1. The number of amides is 1. The van der Waals surface area contributed by atoms with Gasteiger partial charge in [-0.2, -0.15) is 0 Å². The molecule has 4 nitrogen and oxygen atoms in total. The predicted octanol–water partition coefficient (Wildman–Crippen LogP) is 0.276. The Balaban J connectivity index is 2.82. The number of carbonyl (C=O) groups is 1. The molecule has 15 heavy (non-hydrogen) atoms. The second-order valence-corrected chi connectivity index (χ2v) is 4.39. The summed E-state index contributed by atoms with van der Waals surface area (Å²) in [5.41, 5.74) is 5.72. The monoisotopic (exact) mass is 213 g/mol. The van der Waals surface area contributed by atoms with Crippen molar-refractivity contribution in [2.75, 3.05) is 26.7 Å². The Morgan fingerprint density at radius 2 is 2.20 bits per heavy atom. The highest BCUT2D eigenvalue weighted by Crippen LogP contribution is 2.16. The van der Waals surface area contributed by atoms with Crippen LogP contribution < -0.4 is 5.73 Å². The number of nitrogens with two attached hydrogens (primary N) is 1. The lowest BCUT2D eigenvalue weighted by molar-refractivity contribution is -0.134. The molecule has 0 bridgehead atoms. The maximum absolute atomic E-state index is 12.0. The lowest BCUT2D eigenvalue weighted by Gasteiger charge is -2.32. The Labute approximate surface area is 92.4 Å². The van der Waals surface area contributed by atoms with Crippen LogP contribution in [-0.4, -0.2) is 54.5 Å². The highest BCUT2D eigenvalue weighted by atomic mass is 16.2. The van der Waals surface area contributed by atoms with Crippen molar-refractivity contribution in [1.82, 2.24) is 9.80 Å². The summed E-state index contributed by atoms with van der Waals surface area (Å²) >= 11 is 0. The van der Waals surface area contributed by atoms with Gasteiger partial charge < -0.3 is 10.6 Å². The van der Waals surface area contributed by atoms with Crippen molar-refractivity contribution in [1.29, 1.82) is 0 Å². The van der Waals surface area contributed by atoms with Gasteiger partial charge in [0, 0.05) is 26.2 Å². The first kappa shape index (κ1) is 12.5. The van der Waals surface area contributed by atoms with Crippen LogP contribution in [0.3, 0.4) is 0 Å². The van der Waals surface area contributed by atoms with Crippen LogP contribution in [0.15, 0.2) is 0 Å². The van der Waals surface area contributed by atoms with Crippen molar-refractivity contribution >= 4 is 5.91 Å². The van der Waals surface area contributed by atoms with Crippen molar-refractivity contribution in [2.45, 2.75) is 38.8 Å². The van der Waals surface area contributed by atoms with Crippen molar-refractivity contribution in [2.24, 2.45) is 5.73 Å². The average Bonchev–Trinajstić information content (AvgIpc) is 2.32. The topological polar surface area (TPSA) is 49.6 Å². The summed E-state index contributed by atoms with van der Waals surface area (Å²) < 4.78 is 0. The number of rotatable bonds is 3. The fourth-order valence-electron chi connectivity index (χ4n) is 2.23. The number of nitrogens with zero attached hydrogens (tertiary/aromatic N) is 2. The summed E-state index contributed by atoms with van der Waals surface area (Å²) in [7, 11) is 1.87. The number of carbonyl (C=O) groups excluding carboxylic acids is 1. The van der Waals surface area contributed by atoms with E-state index in [1.165, 1.54) is 0 Å². The third-order valence-electron chi connectivity index (χ3n) is 3.22. The first-order valence-electron chi connectivity index (χ1n) is 5.82. The van der Waals surface area contributed by atoms with E-state index in [0.717, 1.165) is 25.9 Å². The summed E-state index contributed by atoms with van der Waals surface area (Å²) in [6, 6.07) is 0.333. The Kier molecular flexibility index (Phi) is 4.54. The standard InChI is InChI=1S/C11H23N3O/c1-4-6-14-9(2)5-7-13(3)11(15)10(14)8-12/h9-10H,4-8,12H2,1-3H3. The maximum atomic E-state index is 12.0. The molecule has 1 aliphatic rings. The molecule has 1 fully saturated rings. The van der Waals surface area contributed by atoms with E-state index in [4.69, 9.17) is 5.73 Å². The van der Waals surface area contributed by atoms with Crippen LogP contribution >= 0.6 is 0 Å².